The van der Waals surface area contributed by atoms with E-state index >= 15 is 0 Å². The van der Waals surface area contributed by atoms with Crippen LogP contribution in [0.15, 0.2) is 71.6 Å². The molecule has 0 fully saturated rings. The summed E-state index contributed by atoms with van der Waals surface area (Å²) in [5.41, 5.74) is 3.40. The molecule has 0 spiro atoms. The van der Waals surface area contributed by atoms with E-state index in [-0.39, 0.29) is 30.0 Å². The first-order chi connectivity index (χ1) is 17.4. The van der Waals surface area contributed by atoms with Crippen LogP contribution < -0.4 is 19.1 Å². The molecule has 1 aliphatic rings. The van der Waals surface area contributed by atoms with Gasteiger partial charge in [0.1, 0.15) is 18.1 Å². The second-order valence-corrected chi connectivity index (χ2v) is 12.2. The minimum absolute atomic E-state index is 0.137. The summed E-state index contributed by atoms with van der Waals surface area (Å²) in [6, 6.07) is 19.7. The lowest BCUT2D eigenvalue weighted by Crippen LogP contribution is -2.51. The molecule has 1 heterocycles. The molecule has 1 N–H and O–H groups in total. The topological polar surface area (TPSA) is 84.9 Å². The smallest absolute Gasteiger partial charge is 0.264 e. The highest BCUT2D eigenvalue weighted by Crippen LogP contribution is 2.40. The predicted molar refractivity (Wildman–Crippen MR) is 145 cm³/mol. The van der Waals surface area contributed by atoms with Gasteiger partial charge < -0.3 is 14.8 Å². The molecule has 0 bridgehead atoms. The Kier molecular flexibility index (Phi) is 7.50. The lowest BCUT2D eigenvalue weighted by Gasteiger charge is -2.36. The zero-order valence-corrected chi connectivity index (χ0v) is 22.8. The van der Waals surface area contributed by atoms with Gasteiger partial charge in [0.2, 0.25) is 0 Å². The van der Waals surface area contributed by atoms with Crippen molar-refractivity contribution in [3.8, 4) is 11.5 Å². The first-order valence-electron chi connectivity index (χ1n) is 12.3. The molecule has 1 atom stereocenters. The van der Waals surface area contributed by atoms with Crippen molar-refractivity contribution in [3.05, 3.63) is 83.4 Å². The van der Waals surface area contributed by atoms with E-state index in [0.29, 0.717) is 11.4 Å². The molecular weight excluding hydrogens is 488 g/mol. The van der Waals surface area contributed by atoms with Crippen molar-refractivity contribution in [3.63, 3.8) is 0 Å². The number of carbonyl (C=O) groups excluding carboxylic acids is 1. The molecule has 4 rings (SSSR count). The van der Waals surface area contributed by atoms with E-state index in [1.54, 1.807) is 36.4 Å². The van der Waals surface area contributed by atoms with E-state index in [4.69, 9.17) is 9.47 Å². The van der Waals surface area contributed by atoms with Gasteiger partial charge in [-0.05, 0) is 72.4 Å². The standard InChI is InChI=1S/C29H34N2O5S/c1-20-15-21(2)17-23(16-20)35-14-13-30-28(32)27-19-31(37(33,34)24-9-7-6-8-10-24)25-18-22(29(3,4)5)11-12-26(25)36-27/h6-12,15-18,27H,13-14,19H2,1-5H3,(H,30,32). The minimum Gasteiger partial charge on any atom is -0.492 e. The molecular formula is C29H34N2O5S. The van der Waals surface area contributed by atoms with Crippen LogP contribution in [0.25, 0.3) is 0 Å². The molecule has 0 aliphatic carbocycles. The first-order valence-corrected chi connectivity index (χ1v) is 13.8. The molecule has 0 aromatic heterocycles. The van der Waals surface area contributed by atoms with Crippen LogP contribution in [0.2, 0.25) is 0 Å². The Morgan fingerprint density at radius 2 is 1.70 bits per heavy atom. The minimum atomic E-state index is -3.92. The van der Waals surface area contributed by atoms with Crippen LogP contribution in [0.1, 0.15) is 37.5 Å². The maximum atomic E-state index is 13.7. The Balaban J connectivity index is 1.53. The van der Waals surface area contributed by atoms with Crippen LogP contribution in [0.4, 0.5) is 5.69 Å². The normalized spacial score (nSPS) is 15.5. The summed E-state index contributed by atoms with van der Waals surface area (Å²) in [7, 11) is -3.92. The van der Waals surface area contributed by atoms with Gasteiger partial charge in [-0.3, -0.25) is 9.10 Å². The summed E-state index contributed by atoms with van der Waals surface area (Å²) in [5, 5.41) is 2.82. The lowest BCUT2D eigenvalue weighted by molar-refractivity contribution is -0.127. The van der Waals surface area contributed by atoms with Crippen LogP contribution in [-0.4, -0.2) is 40.1 Å². The monoisotopic (exact) mass is 522 g/mol. The van der Waals surface area contributed by atoms with E-state index in [9.17, 15) is 13.2 Å². The second kappa shape index (κ2) is 10.5. The quantitative estimate of drug-likeness (QED) is 0.453. The molecule has 196 valence electrons. The van der Waals surface area contributed by atoms with Crippen molar-refractivity contribution in [2.45, 2.75) is 51.0 Å². The van der Waals surface area contributed by atoms with E-state index in [0.717, 1.165) is 22.4 Å². The number of hydrogen-bond donors (Lipinski definition) is 1. The highest BCUT2D eigenvalue weighted by atomic mass is 32.2. The number of aryl methyl sites for hydroxylation is 2. The Labute approximate surface area is 219 Å². The largest absolute Gasteiger partial charge is 0.492 e. The van der Waals surface area contributed by atoms with Crippen molar-refractivity contribution in [1.29, 1.82) is 0 Å². The van der Waals surface area contributed by atoms with Crippen LogP contribution in [0.3, 0.4) is 0 Å². The lowest BCUT2D eigenvalue weighted by atomic mass is 9.86. The van der Waals surface area contributed by atoms with Crippen molar-refractivity contribution in [2.75, 3.05) is 24.0 Å². The SMILES string of the molecule is Cc1cc(C)cc(OCCNC(=O)C2CN(S(=O)(=O)c3ccccc3)c3cc(C(C)(C)C)ccc3O2)c1. The first kappa shape index (κ1) is 26.5. The zero-order valence-electron chi connectivity index (χ0n) is 21.9. The fraction of sp³-hybridized carbons (Fsp3) is 0.345. The van der Waals surface area contributed by atoms with Crippen LogP contribution in [-0.2, 0) is 20.2 Å². The number of sulfonamides is 1. The van der Waals surface area contributed by atoms with Gasteiger partial charge in [-0.1, -0.05) is 51.1 Å². The molecule has 8 heteroatoms. The highest BCUT2D eigenvalue weighted by Gasteiger charge is 2.38. The Bertz CT molecular complexity index is 1360. The number of amides is 1. The van der Waals surface area contributed by atoms with Gasteiger partial charge in [0.05, 0.1) is 23.7 Å². The van der Waals surface area contributed by atoms with Crippen molar-refractivity contribution < 1.29 is 22.7 Å². The summed E-state index contributed by atoms with van der Waals surface area (Å²) in [6.45, 7) is 10.6. The number of fused-ring (bicyclic) bond motifs is 1. The Morgan fingerprint density at radius 3 is 2.35 bits per heavy atom. The van der Waals surface area contributed by atoms with Crippen molar-refractivity contribution in [2.24, 2.45) is 0 Å². The molecule has 7 nitrogen and oxygen atoms in total. The Morgan fingerprint density at radius 1 is 1.03 bits per heavy atom. The average molecular weight is 523 g/mol. The van der Waals surface area contributed by atoms with Gasteiger partial charge in [0, 0.05) is 0 Å². The summed E-state index contributed by atoms with van der Waals surface area (Å²) < 4.78 is 40.4. The number of anilines is 1. The molecule has 0 radical (unpaired) electrons. The van der Waals surface area contributed by atoms with E-state index < -0.39 is 22.0 Å². The molecule has 0 saturated heterocycles. The third-order valence-electron chi connectivity index (χ3n) is 6.18. The third-order valence-corrected chi connectivity index (χ3v) is 7.98. The summed E-state index contributed by atoms with van der Waals surface area (Å²) in [6.07, 6.45) is -1.01. The molecule has 37 heavy (non-hydrogen) atoms. The van der Waals surface area contributed by atoms with Crippen molar-refractivity contribution >= 4 is 21.6 Å². The number of benzene rings is 3. The molecule has 1 aliphatic heterocycles. The number of hydrogen-bond acceptors (Lipinski definition) is 5. The number of nitrogens with one attached hydrogen (secondary N) is 1. The van der Waals surface area contributed by atoms with Crippen LogP contribution >= 0.6 is 0 Å². The summed E-state index contributed by atoms with van der Waals surface area (Å²) in [4.78, 5) is 13.2. The number of ether oxygens (including phenoxy) is 2. The molecule has 1 unspecified atom stereocenters. The van der Waals surface area contributed by atoms with Gasteiger partial charge in [0.15, 0.2) is 6.10 Å². The van der Waals surface area contributed by atoms with Gasteiger partial charge in [-0.15, -0.1) is 0 Å². The van der Waals surface area contributed by atoms with Crippen molar-refractivity contribution in [1.82, 2.24) is 5.32 Å². The fourth-order valence-electron chi connectivity index (χ4n) is 4.27. The maximum Gasteiger partial charge on any atom is 0.264 e. The van der Waals surface area contributed by atoms with Gasteiger partial charge in [-0.25, -0.2) is 8.42 Å². The maximum absolute atomic E-state index is 13.7. The number of rotatable bonds is 7. The molecule has 1 amide bonds. The summed E-state index contributed by atoms with van der Waals surface area (Å²) >= 11 is 0. The van der Waals surface area contributed by atoms with E-state index in [2.05, 4.69) is 32.2 Å². The number of nitrogens with zero attached hydrogens (tertiary/aromatic N) is 1. The van der Waals surface area contributed by atoms with E-state index in [1.807, 2.05) is 38.1 Å². The van der Waals surface area contributed by atoms with Crippen LogP contribution in [0.5, 0.6) is 11.5 Å². The third kappa shape index (κ3) is 6.07. The average Bonchev–Trinajstić information content (AvgIpc) is 2.85. The Hall–Kier alpha value is -3.52. The van der Waals surface area contributed by atoms with Gasteiger partial charge >= 0.3 is 0 Å². The molecule has 0 saturated carbocycles. The second-order valence-electron chi connectivity index (χ2n) is 10.4. The fourth-order valence-corrected chi connectivity index (χ4v) is 5.76. The predicted octanol–water partition coefficient (Wildman–Crippen LogP) is 4.75. The van der Waals surface area contributed by atoms with Gasteiger partial charge in [-0.2, -0.15) is 0 Å². The molecule has 3 aromatic carbocycles. The van der Waals surface area contributed by atoms with E-state index in [1.165, 1.54) is 4.31 Å². The van der Waals surface area contributed by atoms with Gasteiger partial charge in [0.25, 0.3) is 15.9 Å². The summed E-state index contributed by atoms with van der Waals surface area (Å²) in [5.74, 6) is 0.692. The number of carbonyl (C=O) groups is 1. The molecule has 3 aromatic rings. The zero-order chi connectivity index (χ0) is 26.8. The van der Waals surface area contributed by atoms with Crippen LogP contribution in [0, 0.1) is 13.8 Å². The highest BCUT2D eigenvalue weighted by molar-refractivity contribution is 7.92.